The molecule has 146 valence electrons. The normalized spacial score (nSPS) is 41.0. The first-order valence-electron chi connectivity index (χ1n) is 11.0. The lowest BCUT2D eigenvalue weighted by atomic mass is 9.64. The predicted octanol–water partition coefficient (Wildman–Crippen LogP) is 6.70. The first-order chi connectivity index (χ1) is 12.4. The molecule has 0 radical (unpaired) electrons. The minimum Gasteiger partial charge on any atom is -0.392 e. The lowest BCUT2D eigenvalue weighted by Gasteiger charge is -2.41. The number of hydrogen-bond donors (Lipinski definition) is 1. The number of allylic oxidation sites excluding steroid dienone is 4. The Morgan fingerprint density at radius 2 is 2.15 bits per heavy atom. The minimum absolute atomic E-state index is 0.203. The SMILES string of the molecule is C=C1CC[C@H]2/C(C)=C\C[C@@H]3[C@@H]([C@@H](C)CC/C=C(\C)CO)CC[C@@]3(C)C[C@H]12. The molecule has 1 N–H and O–H groups in total. The highest BCUT2D eigenvalue weighted by Gasteiger charge is 2.49. The summed E-state index contributed by atoms with van der Waals surface area (Å²) in [6.07, 6.45) is 15.3. The molecular weight excluding hydrogens is 316 g/mol. The fourth-order valence-corrected chi connectivity index (χ4v) is 6.48. The van der Waals surface area contributed by atoms with Crippen LogP contribution >= 0.6 is 0 Å². The third-order valence-corrected chi connectivity index (χ3v) is 8.31. The number of aliphatic hydroxyl groups excluding tert-OH is 1. The maximum Gasteiger partial charge on any atom is 0.0639 e. The van der Waals surface area contributed by atoms with Gasteiger partial charge in [0, 0.05) is 0 Å². The average molecular weight is 357 g/mol. The van der Waals surface area contributed by atoms with E-state index in [9.17, 15) is 5.11 Å². The smallest absolute Gasteiger partial charge is 0.0639 e. The van der Waals surface area contributed by atoms with Crippen molar-refractivity contribution < 1.29 is 5.11 Å². The molecule has 26 heavy (non-hydrogen) atoms. The molecule has 0 saturated heterocycles. The number of rotatable bonds is 5. The van der Waals surface area contributed by atoms with E-state index in [2.05, 4.69) is 39.5 Å². The second-order valence-electron chi connectivity index (χ2n) is 10.0. The molecule has 0 aromatic heterocycles. The van der Waals surface area contributed by atoms with E-state index in [0.29, 0.717) is 5.41 Å². The van der Waals surface area contributed by atoms with Gasteiger partial charge in [-0.1, -0.05) is 49.3 Å². The highest BCUT2D eigenvalue weighted by atomic mass is 16.3. The molecule has 0 aromatic rings. The molecule has 0 aromatic carbocycles. The molecule has 0 bridgehead atoms. The van der Waals surface area contributed by atoms with Crippen molar-refractivity contribution in [1.29, 1.82) is 0 Å². The minimum atomic E-state index is 0.203. The van der Waals surface area contributed by atoms with Crippen molar-refractivity contribution >= 4 is 0 Å². The molecule has 3 rings (SSSR count). The summed E-state index contributed by atoms with van der Waals surface area (Å²) in [7, 11) is 0. The topological polar surface area (TPSA) is 20.2 Å². The van der Waals surface area contributed by atoms with E-state index in [-0.39, 0.29) is 6.61 Å². The Bertz CT molecular complexity index is 583. The molecule has 2 fully saturated rings. The van der Waals surface area contributed by atoms with E-state index in [0.717, 1.165) is 41.6 Å². The van der Waals surface area contributed by atoms with Gasteiger partial charge in [0.2, 0.25) is 0 Å². The molecule has 3 aliphatic rings. The number of aliphatic hydroxyl groups is 1. The molecule has 0 heterocycles. The molecule has 0 aliphatic heterocycles. The van der Waals surface area contributed by atoms with Gasteiger partial charge in [0.15, 0.2) is 0 Å². The summed E-state index contributed by atoms with van der Waals surface area (Å²) >= 11 is 0. The summed E-state index contributed by atoms with van der Waals surface area (Å²) in [6, 6.07) is 0. The van der Waals surface area contributed by atoms with Crippen LogP contribution < -0.4 is 0 Å². The van der Waals surface area contributed by atoms with Crippen LogP contribution in [0.4, 0.5) is 0 Å². The van der Waals surface area contributed by atoms with Crippen molar-refractivity contribution in [2.75, 3.05) is 6.61 Å². The Balaban J connectivity index is 1.73. The van der Waals surface area contributed by atoms with Crippen LogP contribution in [0.2, 0.25) is 0 Å². The van der Waals surface area contributed by atoms with E-state index >= 15 is 0 Å². The monoisotopic (exact) mass is 356 g/mol. The molecule has 2 saturated carbocycles. The zero-order valence-corrected chi connectivity index (χ0v) is 17.6. The van der Waals surface area contributed by atoms with Gasteiger partial charge in [-0.05, 0) is 100 Å². The molecule has 0 unspecified atom stereocenters. The van der Waals surface area contributed by atoms with Crippen LogP contribution in [0.1, 0.15) is 79.1 Å². The summed E-state index contributed by atoms with van der Waals surface area (Å²) in [4.78, 5) is 0. The van der Waals surface area contributed by atoms with Crippen LogP contribution in [0.3, 0.4) is 0 Å². The van der Waals surface area contributed by atoms with Crippen LogP contribution in [-0.2, 0) is 0 Å². The quantitative estimate of drug-likeness (QED) is 0.544. The summed E-state index contributed by atoms with van der Waals surface area (Å²) in [5.41, 5.74) is 4.80. The summed E-state index contributed by atoms with van der Waals surface area (Å²) in [5, 5.41) is 9.20. The average Bonchev–Trinajstić information content (AvgIpc) is 3.12. The largest absolute Gasteiger partial charge is 0.392 e. The summed E-state index contributed by atoms with van der Waals surface area (Å²) < 4.78 is 0. The van der Waals surface area contributed by atoms with Crippen LogP contribution in [0.15, 0.2) is 35.5 Å². The molecular formula is C25H40O. The van der Waals surface area contributed by atoms with Gasteiger partial charge in [0.25, 0.3) is 0 Å². The lowest BCUT2D eigenvalue weighted by Crippen LogP contribution is -2.32. The predicted molar refractivity (Wildman–Crippen MR) is 112 cm³/mol. The standard InChI is InChI=1S/C25H40O/c1-17(16-26)7-6-8-18(2)22-13-14-25(5)15-23-20(4)9-11-21(23)19(3)10-12-24(22)25/h7,10,18,21-24,26H,4,6,8-9,11-16H2,1-3,5H3/b17-7+,19-10-/t18-,21-,22+,23+,24+,25-/m0/s1. The Morgan fingerprint density at radius 3 is 2.88 bits per heavy atom. The second kappa shape index (κ2) is 8.05. The second-order valence-corrected chi connectivity index (χ2v) is 10.0. The van der Waals surface area contributed by atoms with E-state index in [4.69, 9.17) is 0 Å². The zero-order valence-electron chi connectivity index (χ0n) is 17.6. The highest BCUT2D eigenvalue weighted by Crippen LogP contribution is 2.59. The van der Waals surface area contributed by atoms with Crippen molar-refractivity contribution in [2.24, 2.45) is 35.0 Å². The van der Waals surface area contributed by atoms with E-state index < -0.39 is 0 Å². The Labute approximate surface area is 161 Å². The Hall–Kier alpha value is -0.820. The van der Waals surface area contributed by atoms with E-state index in [1.807, 2.05) is 6.92 Å². The maximum atomic E-state index is 9.20. The maximum absolute atomic E-state index is 9.20. The number of hydrogen-bond acceptors (Lipinski definition) is 1. The van der Waals surface area contributed by atoms with Gasteiger partial charge >= 0.3 is 0 Å². The van der Waals surface area contributed by atoms with Crippen molar-refractivity contribution in [3.8, 4) is 0 Å². The van der Waals surface area contributed by atoms with E-state index in [1.165, 1.54) is 50.5 Å². The third-order valence-electron chi connectivity index (χ3n) is 8.31. The third kappa shape index (κ3) is 3.88. The molecule has 1 nitrogen and oxygen atoms in total. The van der Waals surface area contributed by atoms with Gasteiger partial charge in [-0.2, -0.15) is 0 Å². The first-order valence-corrected chi connectivity index (χ1v) is 11.0. The van der Waals surface area contributed by atoms with Gasteiger partial charge in [-0.15, -0.1) is 0 Å². The van der Waals surface area contributed by atoms with Crippen molar-refractivity contribution in [3.63, 3.8) is 0 Å². The van der Waals surface area contributed by atoms with Crippen molar-refractivity contribution in [2.45, 2.75) is 79.1 Å². The van der Waals surface area contributed by atoms with Gasteiger partial charge in [0.1, 0.15) is 0 Å². The number of fused-ring (bicyclic) bond motifs is 2. The summed E-state index contributed by atoms with van der Waals surface area (Å²) in [6.45, 7) is 14.1. The van der Waals surface area contributed by atoms with Gasteiger partial charge in [-0.3, -0.25) is 0 Å². The molecule has 6 atom stereocenters. The molecule has 0 spiro atoms. The highest BCUT2D eigenvalue weighted by molar-refractivity contribution is 5.22. The first kappa shape index (κ1) is 19.9. The Kier molecular flexibility index (Phi) is 6.17. The lowest BCUT2D eigenvalue weighted by molar-refractivity contribution is 0.121. The van der Waals surface area contributed by atoms with Gasteiger partial charge in [-0.25, -0.2) is 0 Å². The Morgan fingerprint density at radius 1 is 1.38 bits per heavy atom. The van der Waals surface area contributed by atoms with E-state index in [1.54, 1.807) is 5.57 Å². The summed E-state index contributed by atoms with van der Waals surface area (Å²) in [5.74, 6) is 4.00. The van der Waals surface area contributed by atoms with Crippen molar-refractivity contribution in [3.05, 3.63) is 35.5 Å². The van der Waals surface area contributed by atoms with Gasteiger partial charge < -0.3 is 5.11 Å². The van der Waals surface area contributed by atoms with Crippen LogP contribution in [-0.4, -0.2) is 11.7 Å². The molecule has 0 amide bonds. The van der Waals surface area contributed by atoms with Crippen LogP contribution in [0.5, 0.6) is 0 Å². The molecule has 3 aliphatic carbocycles. The zero-order chi connectivity index (χ0) is 18.9. The van der Waals surface area contributed by atoms with Crippen LogP contribution in [0.25, 0.3) is 0 Å². The van der Waals surface area contributed by atoms with Crippen LogP contribution in [0, 0.1) is 35.0 Å². The molecule has 1 heteroatoms. The fraction of sp³-hybridized carbons (Fsp3) is 0.760. The fourth-order valence-electron chi connectivity index (χ4n) is 6.48. The van der Waals surface area contributed by atoms with Crippen molar-refractivity contribution in [1.82, 2.24) is 0 Å². The van der Waals surface area contributed by atoms with Gasteiger partial charge in [0.05, 0.1) is 6.61 Å².